The number of unbranched alkanes of at least 4 members (excludes halogenated alkanes) is 2. The number of ether oxygens (including phenoxy) is 1. The number of esters is 1. The molecule has 8 nitrogen and oxygen atoms in total. The molecule has 29 heavy (non-hydrogen) atoms. The molecule has 0 aromatic rings. The van der Waals surface area contributed by atoms with Gasteiger partial charge in [-0.05, 0) is 31.3 Å². The summed E-state index contributed by atoms with van der Waals surface area (Å²) >= 11 is 0. The van der Waals surface area contributed by atoms with Crippen molar-refractivity contribution in [2.75, 3.05) is 20.2 Å². The van der Waals surface area contributed by atoms with Gasteiger partial charge >= 0.3 is 12.0 Å². The summed E-state index contributed by atoms with van der Waals surface area (Å²) < 4.78 is 4.65. The SMILES string of the molecule is COC(=O)C1=CC2=NC(=O)N(CCCCCC(=O)NCCC(C)C)C(=O)C2C=C1. The van der Waals surface area contributed by atoms with Crippen LogP contribution in [0.15, 0.2) is 28.8 Å². The second-order valence-corrected chi connectivity index (χ2v) is 7.58. The molecule has 2 rings (SSSR count). The summed E-state index contributed by atoms with van der Waals surface area (Å²) in [6.45, 7) is 5.18. The van der Waals surface area contributed by atoms with E-state index in [-0.39, 0.29) is 29.6 Å². The van der Waals surface area contributed by atoms with Crippen LogP contribution in [0.3, 0.4) is 0 Å². The van der Waals surface area contributed by atoms with Gasteiger partial charge < -0.3 is 10.1 Å². The van der Waals surface area contributed by atoms with Gasteiger partial charge in [0.1, 0.15) is 0 Å². The molecule has 2 aliphatic rings. The van der Waals surface area contributed by atoms with Gasteiger partial charge in [-0.15, -0.1) is 0 Å². The van der Waals surface area contributed by atoms with Crippen LogP contribution in [-0.2, 0) is 19.1 Å². The molecule has 1 atom stereocenters. The van der Waals surface area contributed by atoms with Gasteiger partial charge in [0.15, 0.2) is 0 Å². The zero-order valence-corrected chi connectivity index (χ0v) is 17.3. The topological polar surface area (TPSA) is 105 Å². The van der Waals surface area contributed by atoms with Gasteiger partial charge in [-0.3, -0.25) is 14.5 Å². The van der Waals surface area contributed by atoms with Crippen LogP contribution in [0, 0.1) is 11.8 Å². The molecule has 1 aliphatic heterocycles. The maximum absolute atomic E-state index is 12.6. The average molecular weight is 403 g/mol. The third-order valence-electron chi connectivity index (χ3n) is 4.83. The Kier molecular flexibility index (Phi) is 8.30. The van der Waals surface area contributed by atoms with E-state index in [4.69, 9.17) is 0 Å². The van der Waals surface area contributed by atoms with Crippen molar-refractivity contribution in [3.05, 3.63) is 23.8 Å². The van der Waals surface area contributed by atoms with E-state index in [0.717, 1.165) is 17.7 Å². The zero-order valence-electron chi connectivity index (χ0n) is 17.3. The summed E-state index contributed by atoms with van der Waals surface area (Å²) in [5.74, 6) is -0.959. The minimum Gasteiger partial charge on any atom is -0.465 e. The number of nitrogens with zero attached hydrogens (tertiary/aromatic N) is 2. The second-order valence-electron chi connectivity index (χ2n) is 7.58. The Labute approximate surface area is 171 Å². The second kappa shape index (κ2) is 10.7. The molecule has 0 saturated carbocycles. The molecule has 8 heteroatoms. The number of carbonyl (C=O) groups is 4. The minimum absolute atomic E-state index is 0.0329. The molecule has 0 spiro atoms. The standard InChI is InChI=1S/C21H29N3O5/c1-14(2)10-11-22-18(25)7-5-4-6-12-24-19(26)16-9-8-15(20(27)29-3)13-17(16)23-21(24)28/h8-9,13-14,16H,4-7,10-12H2,1-3H3,(H,22,25). The highest BCUT2D eigenvalue weighted by Crippen LogP contribution is 2.23. The summed E-state index contributed by atoms with van der Waals surface area (Å²) in [5, 5.41) is 2.89. The largest absolute Gasteiger partial charge is 0.465 e. The molecule has 0 radical (unpaired) electrons. The van der Waals surface area contributed by atoms with Crippen LogP contribution < -0.4 is 5.32 Å². The maximum Gasteiger partial charge on any atom is 0.350 e. The van der Waals surface area contributed by atoms with Crippen molar-refractivity contribution in [1.82, 2.24) is 10.2 Å². The van der Waals surface area contributed by atoms with Crippen LogP contribution in [0.25, 0.3) is 0 Å². The van der Waals surface area contributed by atoms with E-state index in [0.29, 0.717) is 31.7 Å². The van der Waals surface area contributed by atoms with Crippen molar-refractivity contribution in [2.45, 2.75) is 46.0 Å². The van der Waals surface area contributed by atoms with E-state index in [2.05, 4.69) is 28.9 Å². The van der Waals surface area contributed by atoms with Crippen molar-refractivity contribution in [3.63, 3.8) is 0 Å². The van der Waals surface area contributed by atoms with Gasteiger partial charge in [0, 0.05) is 19.5 Å². The zero-order chi connectivity index (χ0) is 21.4. The highest BCUT2D eigenvalue weighted by atomic mass is 16.5. The summed E-state index contributed by atoms with van der Waals surface area (Å²) in [6.07, 6.45) is 7.94. The normalized spacial score (nSPS) is 18.3. The molecule has 4 amide bonds. The van der Waals surface area contributed by atoms with Gasteiger partial charge in [0.25, 0.3) is 0 Å². The van der Waals surface area contributed by atoms with Gasteiger partial charge in [-0.1, -0.05) is 32.4 Å². The van der Waals surface area contributed by atoms with Crippen molar-refractivity contribution in [1.29, 1.82) is 0 Å². The van der Waals surface area contributed by atoms with Crippen molar-refractivity contribution >= 4 is 29.5 Å². The molecule has 1 unspecified atom stereocenters. The van der Waals surface area contributed by atoms with Gasteiger partial charge in [-0.2, -0.15) is 4.99 Å². The highest BCUT2D eigenvalue weighted by Gasteiger charge is 2.36. The number of nitrogens with one attached hydrogen (secondary N) is 1. The molecule has 0 saturated heterocycles. The smallest absolute Gasteiger partial charge is 0.350 e. The fraction of sp³-hybridized carbons (Fsp3) is 0.571. The van der Waals surface area contributed by atoms with Crippen LogP contribution >= 0.6 is 0 Å². The first kappa shape index (κ1) is 22.5. The molecule has 1 aliphatic carbocycles. The first-order valence-corrected chi connectivity index (χ1v) is 10.0. The van der Waals surface area contributed by atoms with Gasteiger partial charge in [0.05, 0.1) is 24.3 Å². The first-order valence-electron chi connectivity index (χ1n) is 10.0. The van der Waals surface area contributed by atoms with Gasteiger partial charge in [-0.25, -0.2) is 9.59 Å². The third kappa shape index (κ3) is 6.37. The molecule has 0 aromatic carbocycles. The van der Waals surface area contributed by atoms with Crippen LogP contribution in [0.2, 0.25) is 0 Å². The number of rotatable bonds is 10. The van der Waals surface area contributed by atoms with E-state index >= 15 is 0 Å². The average Bonchev–Trinajstić information content (AvgIpc) is 2.68. The fourth-order valence-corrected chi connectivity index (χ4v) is 3.11. The number of hydrogen-bond donors (Lipinski definition) is 1. The number of hydrogen-bond acceptors (Lipinski definition) is 5. The molecule has 0 fully saturated rings. The molecule has 0 bridgehead atoms. The monoisotopic (exact) mass is 403 g/mol. The number of fused-ring (bicyclic) bond motifs is 1. The number of methoxy groups -OCH3 is 1. The Morgan fingerprint density at radius 3 is 2.69 bits per heavy atom. The fourth-order valence-electron chi connectivity index (χ4n) is 3.11. The van der Waals surface area contributed by atoms with E-state index in [1.54, 1.807) is 6.08 Å². The van der Waals surface area contributed by atoms with Crippen LogP contribution in [0.4, 0.5) is 4.79 Å². The van der Waals surface area contributed by atoms with Crippen LogP contribution in [0.1, 0.15) is 46.0 Å². The van der Waals surface area contributed by atoms with Crippen LogP contribution in [-0.4, -0.2) is 54.6 Å². The summed E-state index contributed by atoms with van der Waals surface area (Å²) in [7, 11) is 1.26. The molecule has 158 valence electrons. The lowest BCUT2D eigenvalue weighted by Gasteiger charge is -2.28. The van der Waals surface area contributed by atoms with E-state index in [1.807, 2.05) is 0 Å². The number of allylic oxidation sites excluding steroid dienone is 1. The number of carbonyl (C=O) groups excluding carboxylic acids is 4. The molecule has 0 aromatic heterocycles. The lowest BCUT2D eigenvalue weighted by atomic mass is 9.92. The predicted octanol–water partition coefficient (Wildman–Crippen LogP) is 2.40. The molecular weight excluding hydrogens is 374 g/mol. The third-order valence-corrected chi connectivity index (χ3v) is 4.83. The summed E-state index contributed by atoms with van der Waals surface area (Å²) in [6, 6.07) is -0.622. The maximum atomic E-state index is 12.6. The molecule has 1 N–H and O–H groups in total. The lowest BCUT2D eigenvalue weighted by molar-refractivity contribution is -0.136. The molecular formula is C21H29N3O5. The quantitative estimate of drug-likeness (QED) is 0.445. The highest BCUT2D eigenvalue weighted by molar-refractivity contribution is 6.23. The Morgan fingerprint density at radius 1 is 1.24 bits per heavy atom. The number of urea groups is 1. The number of amides is 4. The van der Waals surface area contributed by atoms with E-state index in [1.165, 1.54) is 19.3 Å². The van der Waals surface area contributed by atoms with Gasteiger partial charge in [0.2, 0.25) is 11.8 Å². The number of imide groups is 1. The lowest BCUT2D eigenvalue weighted by Crippen LogP contribution is -2.46. The van der Waals surface area contributed by atoms with Crippen molar-refractivity contribution < 1.29 is 23.9 Å². The Balaban J connectivity index is 1.78. The molecule has 1 heterocycles. The Hall–Kier alpha value is -2.77. The van der Waals surface area contributed by atoms with Crippen molar-refractivity contribution in [3.8, 4) is 0 Å². The summed E-state index contributed by atoms with van der Waals surface area (Å²) in [5.41, 5.74) is 0.514. The summed E-state index contributed by atoms with van der Waals surface area (Å²) in [4.78, 5) is 53.3. The van der Waals surface area contributed by atoms with E-state index < -0.39 is 17.9 Å². The predicted molar refractivity (Wildman–Crippen MR) is 108 cm³/mol. The minimum atomic E-state index is -0.659. The Morgan fingerprint density at radius 2 is 2.00 bits per heavy atom. The van der Waals surface area contributed by atoms with Crippen LogP contribution in [0.5, 0.6) is 0 Å². The van der Waals surface area contributed by atoms with E-state index in [9.17, 15) is 19.2 Å². The Bertz CT molecular complexity index is 751. The van der Waals surface area contributed by atoms with Crippen molar-refractivity contribution in [2.24, 2.45) is 16.8 Å². The number of aliphatic imine (C=N–C) groups is 1. The first-order chi connectivity index (χ1) is 13.8.